The average Bonchev–Trinajstić information content (AvgIpc) is 3.25. The second-order valence-corrected chi connectivity index (χ2v) is 18.3. The lowest BCUT2D eigenvalue weighted by Gasteiger charge is -2.19. The summed E-state index contributed by atoms with van der Waals surface area (Å²) < 4.78 is 28.1. The van der Waals surface area contributed by atoms with Crippen LogP contribution in [0.2, 0.25) is 0 Å². The van der Waals surface area contributed by atoms with Crippen LogP contribution < -0.4 is 0 Å². The van der Waals surface area contributed by atoms with Gasteiger partial charge in [0.15, 0.2) is 6.10 Å². The Kier molecular flexibility index (Phi) is 42.6. The Morgan fingerprint density at radius 3 is 1.14 bits per heavy atom. The predicted molar refractivity (Wildman–Crippen MR) is 254 cm³/mol. The first kappa shape index (κ1) is 60.3. The molecule has 370 valence electrons. The third-order valence-electron chi connectivity index (χ3n) is 11.6. The minimum Gasteiger partial charge on any atom is -0.465 e. The van der Waals surface area contributed by atoms with E-state index >= 15 is 0 Å². The normalized spacial score (nSPS) is 12.3. The summed E-state index contributed by atoms with van der Waals surface area (Å²) in [6.45, 7) is 9.63. The number of rotatable bonds is 46. The molecule has 0 aliphatic rings. The quantitative estimate of drug-likeness (QED) is 0.0328. The number of carbonyl (C=O) groups excluding carboxylic acids is 5. The molecule has 2 atom stereocenters. The van der Waals surface area contributed by atoms with E-state index in [0.717, 1.165) is 57.9 Å². The number of unbranched alkanes of at least 4 members (excludes halogenated alkanes) is 18. The number of hydrogen-bond donors (Lipinski definition) is 0. The molecule has 0 aromatic carbocycles. The molecule has 0 aliphatic carbocycles. The maximum absolute atomic E-state index is 12.8. The van der Waals surface area contributed by atoms with E-state index in [1.807, 2.05) is 19.0 Å². The van der Waals surface area contributed by atoms with E-state index in [9.17, 15) is 24.0 Å². The molecule has 0 heterocycles. The topological polar surface area (TPSA) is 135 Å². The van der Waals surface area contributed by atoms with Gasteiger partial charge in [0, 0.05) is 32.1 Å². The number of ether oxygens (including phenoxy) is 5. The van der Waals surface area contributed by atoms with Crippen molar-refractivity contribution in [1.82, 2.24) is 4.90 Å². The maximum atomic E-state index is 12.8. The van der Waals surface area contributed by atoms with Crippen molar-refractivity contribution in [2.75, 3.05) is 40.5 Å². The van der Waals surface area contributed by atoms with Gasteiger partial charge < -0.3 is 28.6 Å². The minimum atomic E-state index is -0.914. The van der Waals surface area contributed by atoms with Crippen LogP contribution >= 0.6 is 0 Å². The molecule has 2 unspecified atom stereocenters. The van der Waals surface area contributed by atoms with E-state index < -0.39 is 24.0 Å². The average molecular weight is 896 g/mol. The fourth-order valence-electron chi connectivity index (χ4n) is 7.61. The third kappa shape index (κ3) is 41.7. The van der Waals surface area contributed by atoms with Crippen LogP contribution in [0.3, 0.4) is 0 Å². The summed E-state index contributed by atoms with van der Waals surface area (Å²) in [6, 6.07) is 0. The van der Waals surface area contributed by atoms with Crippen molar-refractivity contribution in [2.45, 2.75) is 258 Å². The lowest BCUT2D eigenvalue weighted by Crippen LogP contribution is -2.31. The molecule has 0 N–H and O–H groups in total. The van der Waals surface area contributed by atoms with Gasteiger partial charge in [-0.25, -0.2) is 0 Å². The van der Waals surface area contributed by atoms with Crippen LogP contribution in [0.5, 0.6) is 0 Å². The Balaban J connectivity index is 4.68. The largest absolute Gasteiger partial charge is 0.465 e. The van der Waals surface area contributed by atoms with E-state index in [4.69, 9.17) is 23.7 Å². The van der Waals surface area contributed by atoms with Crippen LogP contribution in [0.4, 0.5) is 0 Å². The molecular weight excluding hydrogens is 799 g/mol. The highest BCUT2D eigenvalue weighted by Crippen LogP contribution is 2.20. The Labute approximate surface area is 385 Å². The number of carbonyl (C=O) groups is 5. The second kappa shape index (κ2) is 44.5. The van der Waals surface area contributed by atoms with E-state index in [2.05, 4.69) is 27.7 Å². The van der Waals surface area contributed by atoms with Gasteiger partial charge in [-0.2, -0.15) is 0 Å². The SMILES string of the molecule is CCCCCCCCC(CCCCCCCC)OC(=O)CCCCCC(=O)OCC(COC(=O)CCCCCC(=O)OCC(CCCC)CCCCCC)OC(=O)CCCN(C)C. The lowest BCUT2D eigenvalue weighted by molar-refractivity contribution is -0.167. The molecule has 0 bridgehead atoms. The third-order valence-corrected chi connectivity index (χ3v) is 11.6. The monoisotopic (exact) mass is 896 g/mol. The minimum absolute atomic E-state index is 0.00979. The van der Waals surface area contributed by atoms with Gasteiger partial charge in [0.1, 0.15) is 19.3 Å². The molecule has 0 spiro atoms. The zero-order valence-corrected chi connectivity index (χ0v) is 41.6. The lowest BCUT2D eigenvalue weighted by atomic mass is 9.96. The summed E-state index contributed by atoms with van der Waals surface area (Å²) in [5.41, 5.74) is 0. The first-order valence-corrected chi connectivity index (χ1v) is 26.0. The van der Waals surface area contributed by atoms with Gasteiger partial charge in [-0.1, -0.05) is 143 Å². The van der Waals surface area contributed by atoms with Crippen LogP contribution in [-0.4, -0.2) is 87.4 Å². The van der Waals surface area contributed by atoms with E-state index in [0.29, 0.717) is 70.3 Å². The fraction of sp³-hybridized carbons (Fsp3) is 0.904. The summed E-state index contributed by atoms with van der Waals surface area (Å²) in [5, 5.41) is 0. The standard InChI is InChI=1S/C52H97NO10/c1-7-11-15-18-20-25-34-46(35-26-21-19-16-12-8-2)62-51(57)39-30-23-29-38-50(56)61-44-47(63-52(58)40-31-41-53(5)6)43-60-49(55)37-28-22-27-36-48(54)59-42-45(32-14-10-4)33-24-17-13-9-3/h45-47H,7-44H2,1-6H3. The summed E-state index contributed by atoms with van der Waals surface area (Å²) >= 11 is 0. The molecule has 0 aromatic heterocycles. The Bertz CT molecular complexity index is 1100. The summed E-state index contributed by atoms with van der Waals surface area (Å²) in [5.74, 6) is -1.22. The van der Waals surface area contributed by atoms with Crippen molar-refractivity contribution in [3.05, 3.63) is 0 Å². The van der Waals surface area contributed by atoms with Gasteiger partial charge in [0.2, 0.25) is 0 Å². The Morgan fingerprint density at radius 1 is 0.349 bits per heavy atom. The molecule has 0 saturated heterocycles. The second-order valence-electron chi connectivity index (χ2n) is 18.3. The van der Waals surface area contributed by atoms with Gasteiger partial charge in [0.25, 0.3) is 0 Å². The van der Waals surface area contributed by atoms with E-state index in [1.54, 1.807) is 0 Å². The summed E-state index contributed by atoms with van der Waals surface area (Å²) in [4.78, 5) is 65.0. The van der Waals surface area contributed by atoms with Gasteiger partial charge in [-0.15, -0.1) is 0 Å². The van der Waals surface area contributed by atoms with Crippen molar-refractivity contribution in [1.29, 1.82) is 0 Å². The molecule has 11 heteroatoms. The molecule has 0 amide bonds. The van der Waals surface area contributed by atoms with Crippen molar-refractivity contribution in [3.8, 4) is 0 Å². The van der Waals surface area contributed by atoms with Crippen LogP contribution in [0.15, 0.2) is 0 Å². The molecule has 11 nitrogen and oxygen atoms in total. The molecule has 0 rings (SSSR count). The van der Waals surface area contributed by atoms with Gasteiger partial charge in [-0.3, -0.25) is 24.0 Å². The highest BCUT2D eigenvalue weighted by Gasteiger charge is 2.20. The number of esters is 5. The fourth-order valence-corrected chi connectivity index (χ4v) is 7.61. The van der Waals surface area contributed by atoms with Crippen molar-refractivity contribution in [3.63, 3.8) is 0 Å². The van der Waals surface area contributed by atoms with Crippen LogP contribution in [0.25, 0.3) is 0 Å². The highest BCUT2D eigenvalue weighted by molar-refractivity contribution is 5.71. The number of nitrogens with zero attached hydrogens (tertiary/aromatic N) is 1. The van der Waals surface area contributed by atoms with E-state index in [-0.39, 0.29) is 50.5 Å². The van der Waals surface area contributed by atoms with Crippen molar-refractivity contribution >= 4 is 29.8 Å². The predicted octanol–water partition coefficient (Wildman–Crippen LogP) is 13.0. The molecule has 0 radical (unpaired) electrons. The van der Waals surface area contributed by atoms with Crippen LogP contribution in [0.1, 0.15) is 246 Å². The summed E-state index contributed by atoms with van der Waals surface area (Å²) in [7, 11) is 3.85. The molecule has 0 saturated carbocycles. The van der Waals surface area contributed by atoms with Crippen LogP contribution in [0, 0.1) is 5.92 Å². The Morgan fingerprint density at radius 2 is 0.683 bits per heavy atom. The molecule has 63 heavy (non-hydrogen) atoms. The zero-order valence-electron chi connectivity index (χ0n) is 41.6. The van der Waals surface area contributed by atoms with Crippen LogP contribution in [-0.2, 0) is 47.7 Å². The molecule has 0 fully saturated rings. The first-order valence-electron chi connectivity index (χ1n) is 26.0. The van der Waals surface area contributed by atoms with Gasteiger partial charge in [0.05, 0.1) is 6.61 Å². The molecule has 0 aromatic rings. The highest BCUT2D eigenvalue weighted by atomic mass is 16.6. The van der Waals surface area contributed by atoms with Crippen molar-refractivity contribution < 1.29 is 47.7 Å². The molecular formula is C52H97NO10. The zero-order chi connectivity index (χ0) is 46.6. The van der Waals surface area contributed by atoms with Gasteiger partial charge >= 0.3 is 29.8 Å². The summed E-state index contributed by atoms with van der Waals surface area (Å²) in [6.07, 6.45) is 30.5. The van der Waals surface area contributed by atoms with Crippen molar-refractivity contribution in [2.24, 2.45) is 5.92 Å². The van der Waals surface area contributed by atoms with Gasteiger partial charge in [-0.05, 0) is 97.2 Å². The Hall–Kier alpha value is -2.69. The first-order chi connectivity index (χ1) is 30.5. The van der Waals surface area contributed by atoms with E-state index in [1.165, 1.54) is 89.9 Å². The molecule has 0 aliphatic heterocycles. The maximum Gasteiger partial charge on any atom is 0.306 e. The smallest absolute Gasteiger partial charge is 0.306 e. The number of hydrogen-bond acceptors (Lipinski definition) is 11.